The van der Waals surface area contributed by atoms with Gasteiger partial charge in [-0.3, -0.25) is 19.5 Å². The topological polar surface area (TPSA) is 101 Å². The van der Waals surface area contributed by atoms with Gasteiger partial charge in [-0.2, -0.15) is 0 Å². The van der Waals surface area contributed by atoms with E-state index in [9.17, 15) is 14.4 Å². The first-order valence-electron chi connectivity index (χ1n) is 9.01. The van der Waals surface area contributed by atoms with Gasteiger partial charge in [0, 0.05) is 19.2 Å². The van der Waals surface area contributed by atoms with Gasteiger partial charge in [-0.05, 0) is 42.7 Å². The van der Waals surface area contributed by atoms with E-state index in [4.69, 9.17) is 4.74 Å². The SMILES string of the molecule is COc1ccc(CCN2C(=O)NC(CCC(=O)Nc3cccnc3)C2=O)cc1. The molecule has 1 atom stereocenters. The summed E-state index contributed by atoms with van der Waals surface area (Å²) in [6.07, 6.45) is 4.08. The number of ether oxygens (including phenoxy) is 1. The molecule has 1 aromatic heterocycles. The zero-order valence-corrected chi connectivity index (χ0v) is 15.6. The summed E-state index contributed by atoms with van der Waals surface area (Å²) in [5.74, 6) is 0.225. The largest absolute Gasteiger partial charge is 0.497 e. The standard InChI is InChI=1S/C20H22N4O4/c1-28-16-6-4-14(5-7-16)10-12-24-19(26)17(23-20(24)27)8-9-18(25)22-15-3-2-11-21-13-15/h2-7,11,13,17H,8-10,12H2,1H3,(H,22,25)(H,23,27). The molecular formula is C20H22N4O4. The van der Waals surface area contributed by atoms with Gasteiger partial charge < -0.3 is 15.4 Å². The first-order chi connectivity index (χ1) is 13.6. The van der Waals surface area contributed by atoms with Crippen LogP contribution in [0, 0.1) is 0 Å². The van der Waals surface area contributed by atoms with E-state index in [1.165, 1.54) is 4.90 Å². The van der Waals surface area contributed by atoms with Crippen molar-refractivity contribution in [2.24, 2.45) is 0 Å². The Hall–Kier alpha value is -3.42. The molecule has 8 nitrogen and oxygen atoms in total. The van der Waals surface area contributed by atoms with Crippen molar-refractivity contribution in [1.82, 2.24) is 15.2 Å². The van der Waals surface area contributed by atoms with Crippen LogP contribution in [0.1, 0.15) is 18.4 Å². The number of anilines is 1. The zero-order valence-electron chi connectivity index (χ0n) is 15.6. The number of hydrogen-bond donors (Lipinski definition) is 2. The molecule has 1 saturated heterocycles. The lowest BCUT2D eigenvalue weighted by Gasteiger charge is -2.13. The van der Waals surface area contributed by atoms with Gasteiger partial charge in [-0.15, -0.1) is 0 Å². The van der Waals surface area contributed by atoms with Crippen LogP contribution in [0.4, 0.5) is 10.5 Å². The van der Waals surface area contributed by atoms with E-state index in [0.29, 0.717) is 12.1 Å². The third-order valence-electron chi connectivity index (χ3n) is 4.50. The molecule has 0 radical (unpaired) electrons. The maximum absolute atomic E-state index is 12.5. The van der Waals surface area contributed by atoms with Crippen LogP contribution in [0.3, 0.4) is 0 Å². The van der Waals surface area contributed by atoms with Gasteiger partial charge in [0.1, 0.15) is 11.8 Å². The lowest BCUT2D eigenvalue weighted by molar-refractivity contribution is -0.127. The molecule has 1 aliphatic rings. The Labute approximate surface area is 162 Å². The molecule has 28 heavy (non-hydrogen) atoms. The summed E-state index contributed by atoms with van der Waals surface area (Å²) < 4.78 is 5.11. The molecule has 2 heterocycles. The second-order valence-electron chi connectivity index (χ2n) is 6.42. The minimum absolute atomic E-state index is 0.123. The van der Waals surface area contributed by atoms with Crippen molar-refractivity contribution in [3.05, 3.63) is 54.4 Å². The summed E-state index contributed by atoms with van der Waals surface area (Å²) in [4.78, 5) is 41.7. The van der Waals surface area contributed by atoms with Crippen LogP contribution in [0.25, 0.3) is 0 Å². The second kappa shape index (κ2) is 8.98. The van der Waals surface area contributed by atoms with Crippen molar-refractivity contribution in [2.45, 2.75) is 25.3 Å². The smallest absolute Gasteiger partial charge is 0.324 e. The van der Waals surface area contributed by atoms with E-state index >= 15 is 0 Å². The van der Waals surface area contributed by atoms with Crippen LogP contribution in [0.2, 0.25) is 0 Å². The third kappa shape index (κ3) is 4.85. The van der Waals surface area contributed by atoms with E-state index < -0.39 is 12.1 Å². The van der Waals surface area contributed by atoms with E-state index in [-0.39, 0.29) is 31.2 Å². The number of carbonyl (C=O) groups excluding carboxylic acids is 3. The Kier molecular flexibility index (Phi) is 6.21. The molecule has 3 rings (SSSR count). The first-order valence-corrected chi connectivity index (χ1v) is 9.01. The fourth-order valence-corrected chi connectivity index (χ4v) is 2.95. The molecule has 1 aromatic carbocycles. The fraction of sp³-hybridized carbons (Fsp3) is 0.300. The highest BCUT2D eigenvalue weighted by Crippen LogP contribution is 2.15. The Morgan fingerprint density at radius 1 is 1.25 bits per heavy atom. The molecule has 1 unspecified atom stereocenters. The number of benzene rings is 1. The number of urea groups is 1. The van der Waals surface area contributed by atoms with Gasteiger partial charge in [0.2, 0.25) is 5.91 Å². The van der Waals surface area contributed by atoms with Crippen molar-refractivity contribution < 1.29 is 19.1 Å². The van der Waals surface area contributed by atoms with E-state index in [1.54, 1.807) is 31.6 Å². The van der Waals surface area contributed by atoms with Crippen LogP contribution in [0.15, 0.2) is 48.8 Å². The molecule has 0 aliphatic carbocycles. The fourth-order valence-electron chi connectivity index (χ4n) is 2.95. The Bertz CT molecular complexity index is 839. The number of amides is 4. The Morgan fingerprint density at radius 2 is 2.04 bits per heavy atom. The number of nitrogens with zero attached hydrogens (tertiary/aromatic N) is 2. The number of imide groups is 1. The third-order valence-corrected chi connectivity index (χ3v) is 4.50. The van der Waals surface area contributed by atoms with Crippen molar-refractivity contribution in [3.63, 3.8) is 0 Å². The highest BCUT2D eigenvalue weighted by Gasteiger charge is 2.37. The number of hydrogen-bond acceptors (Lipinski definition) is 5. The first kappa shape index (κ1) is 19.3. The molecular weight excluding hydrogens is 360 g/mol. The second-order valence-corrected chi connectivity index (χ2v) is 6.42. The van der Waals surface area contributed by atoms with Crippen molar-refractivity contribution in [1.29, 1.82) is 0 Å². The quantitative estimate of drug-likeness (QED) is 0.680. The summed E-state index contributed by atoms with van der Waals surface area (Å²) in [5.41, 5.74) is 1.59. The summed E-state index contributed by atoms with van der Waals surface area (Å²) in [6, 6.07) is 9.83. The Morgan fingerprint density at radius 3 is 2.71 bits per heavy atom. The zero-order chi connectivity index (χ0) is 19.9. The van der Waals surface area contributed by atoms with Gasteiger partial charge in [-0.1, -0.05) is 12.1 Å². The van der Waals surface area contributed by atoms with Crippen molar-refractivity contribution in [2.75, 3.05) is 19.0 Å². The molecule has 8 heteroatoms. The maximum atomic E-state index is 12.5. The van der Waals surface area contributed by atoms with Gasteiger partial charge in [-0.25, -0.2) is 4.79 Å². The van der Waals surface area contributed by atoms with Crippen LogP contribution in [-0.4, -0.2) is 47.4 Å². The summed E-state index contributed by atoms with van der Waals surface area (Å²) >= 11 is 0. The van der Waals surface area contributed by atoms with E-state index in [1.807, 2.05) is 24.3 Å². The molecule has 4 amide bonds. The van der Waals surface area contributed by atoms with Crippen LogP contribution >= 0.6 is 0 Å². The molecule has 0 saturated carbocycles. The van der Waals surface area contributed by atoms with Gasteiger partial charge in [0.25, 0.3) is 5.91 Å². The molecule has 1 fully saturated rings. The minimum atomic E-state index is -0.678. The minimum Gasteiger partial charge on any atom is -0.497 e. The highest BCUT2D eigenvalue weighted by molar-refractivity contribution is 6.04. The summed E-state index contributed by atoms with van der Waals surface area (Å²) in [6.45, 7) is 0.287. The van der Waals surface area contributed by atoms with Crippen molar-refractivity contribution >= 4 is 23.5 Å². The number of aromatic nitrogens is 1. The molecule has 1 aliphatic heterocycles. The summed E-state index contributed by atoms with van der Waals surface area (Å²) in [5, 5.41) is 5.36. The summed E-state index contributed by atoms with van der Waals surface area (Å²) in [7, 11) is 1.60. The number of carbonyl (C=O) groups is 3. The predicted octanol–water partition coefficient (Wildman–Crippen LogP) is 1.97. The average molecular weight is 382 g/mol. The average Bonchev–Trinajstić information content (AvgIpc) is 2.99. The lowest BCUT2D eigenvalue weighted by atomic mass is 10.1. The van der Waals surface area contributed by atoms with Crippen LogP contribution in [-0.2, 0) is 16.0 Å². The number of methoxy groups -OCH3 is 1. The molecule has 146 valence electrons. The predicted molar refractivity (Wildman–Crippen MR) is 103 cm³/mol. The van der Waals surface area contributed by atoms with Crippen LogP contribution in [0.5, 0.6) is 5.75 Å². The lowest BCUT2D eigenvalue weighted by Crippen LogP contribution is -2.33. The molecule has 2 aromatic rings. The van der Waals surface area contributed by atoms with E-state index in [2.05, 4.69) is 15.6 Å². The Balaban J connectivity index is 1.47. The normalized spacial score (nSPS) is 16.0. The maximum Gasteiger partial charge on any atom is 0.324 e. The molecule has 2 N–H and O–H groups in total. The number of rotatable bonds is 8. The van der Waals surface area contributed by atoms with Gasteiger partial charge >= 0.3 is 6.03 Å². The van der Waals surface area contributed by atoms with Crippen LogP contribution < -0.4 is 15.4 Å². The monoisotopic (exact) mass is 382 g/mol. The number of nitrogens with one attached hydrogen (secondary N) is 2. The molecule has 0 spiro atoms. The van der Waals surface area contributed by atoms with E-state index in [0.717, 1.165) is 11.3 Å². The molecule has 0 bridgehead atoms. The van der Waals surface area contributed by atoms with Crippen molar-refractivity contribution in [3.8, 4) is 5.75 Å². The van der Waals surface area contributed by atoms with Gasteiger partial charge in [0.05, 0.1) is 19.0 Å². The highest BCUT2D eigenvalue weighted by atomic mass is 16.5. The number of pyridine rings is 1. The van der Waals surface area contributed by atoms with Gasteiger partial charge in [0.15, 0.2) is 0 Å².